The highest BCUT2D eigenvalue weighted by molar-refractivity contribution is 7.14. The molecule has 2 amide bonds. The lowest BCUT2D eigenvalue weighted by atomic mass is 10.2. The molecule has 8 nitrogen and oxygen atoms in total. The lowest BCUT2D eigenvalue weighted by molar-refractivity contribution is 0.262. The van der Waals surface area contributed by atoms with Crippen molar-refractivity contribution in [2.75, 3.05) is 24.9 Å². The Hall–Kier alpha value is -3.07. The topological polar surface area (TPSA) is 98.5 Å². The van der Waals surface area contributed by atoms with Crippen LogP contribution in [0.5, 0.6) is 11.5 Å². The molecule has 9 heteroatoms. The van der Waals surface area contributed by atoms with E-state index in [1.165, 1.54) is 18.4 Å². The minimum atomic E-state index is -0.417. The second kappa shape index (κ2) is 7.22. The number of rotatable bonds is 5. The van der Waals surface area contributed by atoms with Gasteiger partial charge in [-0.2, -0.15) is 4.98 Å². The predicted molar refractivity (Wildman–Crippen MR) is 94.5 cm³/mol. The Morgan fingerprint density at radius 3 is 2.64 bits per heavy atom. The first kappa shape index (κ1) is 16.8. The van der Waals surface area contributed by atoms with E-state index in [1.54, 1.807) is 38.3 Å². The van der Waals surface area contributed by atoms with Crippen LogP contribution in [0.3, 0.4) is 0 Å². The van der Waals surface area contributed by atoms with Crippen molar-refractivity contribution in [2.45, 2.75) is 6.92 Å². The van der Waals surface area contributed by atoms with Crippen LogP contribution in [0, 0.1) is 6.92 Å². The average Bonchev–Trinajstić information content (AvgIpc) is 3.23. The fourth-order valence-corrected chi connectivity index (χ4v) is 2.91. The molecular formula is C16H16N4O4S. The maximum absolute atomic E-state index is 12.3. The summed E-state index contributed by atoms with van der Waals surface area (Å²) >= 11 is 1.40. The number of aromatic nitrogens is 2. The second-order valence-corrected chi connectivity index (χ2v) is 5.87. The zero-order valence-electron chi connectivity index (χ0n) is 13.8. The first-order valence-electron chi connectivity index (χ1n) is 7.29. The number of aryl methyl sites for hydroxylation is 1. The first-order chi connectivity index (χ1) is 12.1. The fourth-order valence-electron chi connectivity index (χ4n) is 2.14. The summed E-state index contributed by atoms with van der Waals surface area (Å²) in [7, 11) is 3.08. The van der Waals surface area contributed by atoms with E-state index < -0.39 is 6.03 Å². The number of ether oxygens (including phenoxy) is 2. The number of nitrogens with one attached hydrogen (secondary N) is 2. The first-order valence-corrected chi connectivity index (χ1v) is 8.17. The van der Waals surface area contributed by atoms with Crippen LogP contribution in [-0.4, -0.2) is 30.4 Å². The second-order valence-electron chi connectivity index (χ2n) is 4.96. The van der Waals surface area contributed by atoms with Crippen LogP contribution in [0.4, 0.5) is 16.2 Å². The molecule has 0 saturated heterocycles. The summed E-state index contributed by atoms with van der Waals surface area (Å²) in [6.07, 6.45) is 0. The highest BCUT2D eigenvalue weighted by Gasteiger charge is 2.16. The van der Waals surface area contributed by atoms with Crippen LogP contribution in [-0.2, 0) is 0 Å². The molecule has 25 heavy (non-hydrogen) atoms. The summed E-state index contributed by atoms with van der Waals surface area (Å²) in [6, 6.07) is 6.47. The van der Waals surface area contributed by atoms with Crippen molar-refractivity contribution in [1.82, 2.24) is 10.1 Å². The molecule has 0 bridgehead atoms. The third-order valence-corrected chi connectivity index (χ3v) is 4.19. The van der Waals surface area contributed by atoms with E-state index in [1.807, 2.05) is 5.38 Å². The van der Waals surface area contributed by atoms with Crippen LogP contribution < -0.4 is 20.1 Å². The molecule has 0 aliphatic rings. The number of carbonyl (C=O) groups excluding carboxylic acids is 1. The number of methoxy groups -OCH3 is 2. The van der Waals surface area contributed by atoms with Gasteiger partial charge in [0.05, 0.1) is 25.6 Å². The number of anilines is 2. The predicted octanol–water partition coefficient (Wildman–Crippen LogP) is 3.77. The molecule has 0 unspecified atom stereocenters. The maximum Gasteiger partial charge on any atom is 0.323 e. The Bertz CT molecular complexity index is 890. The molecule has 0 spiro atoms. The molecule has 0 aliphatic carbocycles. The molecule has 0 saturated carbocycles. The number of thiophene rings is 1. The molecule has 0 fully saturated rings. The largest absolute Gasteiger partial charge is 0.497 e. The van der Waals surface area contributed by atoms with E-state index in [2.05, 4.69) is 20.8 Å². The summed E-state index contributed by atoms with van der Waals surface area (Å²) in [6.45, 7) is 1.73. The third kappa shape index (κ3) is 3.72. The number of amides is 2. The normalized spacial score (nSPS) is 10.4. The van der Waals surface area contributed by atoms with Gasteiger partial charge in [0.15, 0.2) is 5.82 Å². The quantitative estimate of drug-likeness (QED) is 0.719. The number of nitrogens with zero attached hydrogens (tertiary/aromatic N) is 2. The van der Waals surface area contributed by atoms with Crippen molar-refractivity contribution in [3.8, 4) is 22.3 Å². The molecule has 0 aliphatic heterocycles. The van der Waals surface area contributed by atoms with E-state index >= 15 is 0 Å². The van der Waals surface area contributed by atoms with Crippen molar-refractivity contribution >= 4 is 28.7 Å². The zero-order valence-corrected chi connectivity index (χ0v) is 14.6. The maximum atomic E-state index is 12.3. The summed E-state index contributed by atoms with van der Waals surface area (Å²) < 4.78 is 15.6. The average molecular weight is 360 g/mol. The third-order valence-electron chi connectivity index (χ3n) is 3.29. The van der Waals surface area contributed by atoms with Gasteiger partial charge >= 0.3 is 6.03 Å². The molecule has 2 N–H and O–H groups in total. The molecule has 0 atom stereocenters. The monoisotopic (exact) mass is 360 g/mol. The highest BCUT2D eigenvalue weighted by atomic mass is 32.1. The molecule has 130 valence electrons. The minimum Gasteiger partial charge on any atom is -0.497 e. The lowest BCUT2D eigenvalue weighted by Crippen LogP contribution is -2.19. The number of benzene rings is 1. The van der Waals surface area contributed by atoms with Crippen molar-refractivity contribution in [1.29, 1.82) is 0 Å². The van der Waals surface area contributed by atoms with Crippen LogP contribution >= 0.6 is 11.3 Å². The smallest absolute Gasteiger partial charge is 0.323 e. The van der Waals surface area contributed by atoms with E-state index in [-0.39, 0.29) is 0 Å². The van der Waals surface area contributed by atoms with Gasteiger partial charge < -0.3 is 24.6 Å². The minimum absolute atomic E-state index is 0.366. The van der Waals surface area contributed by atoms with Gasteiger partial charge in [0.1, 0.15) is 16.4 Å². The molecular weight excluding hydrogens is 344 g/mol. The number of urea groups is 1. The zero-order chi connectivity index (χ0) is 17.8. The Morgan fingerprint density at radius 1 is 1.16 bits per heavy atom. The highest BCUT2D eigenvalue weighted by Crippen LogP contribution is 2.33. The van der Waals surface area contributed by atoms with Gasteiger partial charge in [0.2, 0.25) is 0 Å². The summed E-state index contributed by atoms with van der Waals surface area (Å²) in [4.78, 5) is 17.2. The van der Waals surface area contributed by atoms with Gasteiger partial charge in [-0.15, -0.1) is 11.3 Å². The number of hydrogen-bond acceptors (Lipinski definition) is 7. The Kier molecular flexibility index (Phi) is 4.85. The Morgan fingerprint density at radius 2 is 1.96 bits per heavy atom. The van der Waals surface area contributed by atoms with Crippen molar-refractivity contribution in [3.63, 3.8) is 0 Å². The van der Waals surface area contributed by atoms with Gasteiger partial charge in [0.25, 0.3) is 5.89 Å². The van der Waals surface area contributed by atoms with Gasteiger partial charge in [-0.05, 0) is 30.5 Å². The summed E-state index contributed by atoms with van der Waals surface area (Å²) in [5.74, 6) is 2.02. The van der Waals surface area contributed by atoms with Crippen LogP contribution in [0.1, 0.15) is 5.82 Å². The van der Waals surface area contributed by atoms with Crippen molar-refractivity contribution in [3.05, 3.63) is 35.5 Å². The fraction of sp³-hybridized carbons (Fsp3) is 0.188. The van der Waals surface area contributed by atoms with Crippen molar-refractivity contribution in [2.24, 2.45) is 0 Å². The summed E-state index contributed by atoms with van der Waals surface area (Å²) in [5.41, 5.74) is 1.10. The number of carbonyl (C=O) groups is 1. The number of hydrogen-bond donors (Lipinski definition) is 2. The van der Waals surface area contributed by atoms with Crippen LogP contribution in [0.15, 0.2) is 34.2 Å². The lowest BCUT2D eigenvalue weighted by Gasteiger charge is -2.12. The van der Waals surface area contributed by atoms with Gasteiger partial charge in [-0.1, -0.05) is 5.16 Å². The van der Waals surface area contributed by atoms with E-state index in [4.69, 9.17) is 14.0 Å². The van der Waals surface area contributed by atoms with E-state index in [0.717, 1.165) is 0 Å². The molecule has 0 radical (unpaired) electrons. The molecule has 2 heterocycles. The van der Waals surface area contributed by atoms with Crippen LogP contribution in [0.2, 0.25) is 0 Å². The van der Waals surface area contributed by atoms with Gasteiger partial charge in [0, 0.05) is 6.07 Å². The van der Waals surface area contributed by atoms with Crippen molar-refractivity contribution < 1.29 is 18.8 Å². The van der Waals surface area contributed by atoms with Gasteiger partial charge in [-0.3, -0.25) is 0 Å². The van der Waals surface area contributed by atoms with E-state index in [9.17, 15) is 4.79 Å². The Labute approximate surface area is 147 Å². The molecule has 3 aromatic rings. The van der Waals surface area contributed by atoms with Gasteiger partial charge in [-0.25, -0.2) is 4.79 Å². The molecule has 3 rings (SSSR count). The van der Waals surface area contributed by atoms with Crippen LogP contribution in [0.25, 0.3) is 10.8 Å². The molecule has 1 aromatic carbocycles. The Balaban J connectivity index is 1.75. The molecule has 2 aromatic heterocycles. The standard InChI is InChI=1S/C16H16N4O4S/c1-9-17-15(24-20-9)14-12(6-7-25-14)19-16(21)18-11-5-4-10(22-2)8-13(11)23-3/h4-8H,1-3H3,(H2,18,19,21). The van der Waals surface area contributed by atoms with E-state index in [0.29, 0.717) is 39.5 Å². The summed E-state index contributed by atoms with van der Waals surface area (Å²) in [5, 5.41) is 11.1. The SMILES string of the molecule is COc1ccc(NC(=O)Nc2ccsc2-c2nc(C)no2)c(OC)c1.